The smallest absolute Gasteiger partial charge is 0.271 e. The van der Waals surface area contributed by atoms with E-state index in [1.165, 1.54) is 19.3 Å². The molecule has 1 heterocycles. The summed E-state index contributed by atoms with van der Waals surface area (Å²) < 4.78 is 5.73. The number of hydrogen-bond acceptors (Lipinski definition) is 4. The minimum Gasteiger partial charge on any atom is -0.384 e. The lowest BCUT2D eigenvalue weighted by atomic mass is 9.98. The third-order valence-electron chi connectivity index (χ3n) is 3.38. The molecule has 3 N–H and O–H groups in total. The maximum Gasteiger partial charge on any atom is 0.271 e. The molecule has 110 valence electrons. The van der Waals surface area contributed by atoms with Crippen molar-refractivity contribution in [3.63, 3.8) is 0 Å². The van der Waals surface area contributed by atoms with Gasteiger partial charge in [0, 0.05) is 6.54 Å². The Hall–Kier alpha value is -1.33. The standard InChI is InChI=1S/C14H20ClN3O2/c15-11-6-7-12(16)18-13(11)14(19)17-8-9-20-10-4-2-1-3-5-10/h6-7,10H,1-5,8-9H2,(H2,16,18)(H,17,19). The molecular formula is C14H20ClN3O2. The van der Waals surface area contributed by atoms with Crippen molar-refractivity contribution in [3.8, 4) is 0 Å². The number of ether oxygens (including phenoxy) is 1. The van der Waals surface area contributed by atoms with Crippen LogP contribution in [-0.2, 0) is 4.74 Å². The van der Waals surface area contributed by atoms with Crippen LogP contribution in [0.2, 0.25) is 5.02 Å². The van der Waals surface area contributed by atoms with E-state index >= 15 is 0 Å². The van der Waals surface area contributed by atoms with Gasteiger partial charge >= 0.3 is 0 Å². The third kappa shape index (κ3) is 4.35. The predicted molar refractivity (Wildman–Crippen MR) is 78.8 cm³/mol. The van der Waals surface area contributed by atoms with Crippen LogP contribution in [0.15, 0.2) is 12.1 Å². The van der Waals surface area contributed by atoms with Crippen molar-refractivity contribution >= 4 is 23.3 Å². The number of rotatable bonds is 5. The van der Waals surface area contributed by atoms with E-state index < -0.39 is 0 Å². The second-order valence-corrected chi connectivity index (χ2v) is 5.36. The molecular weight excluding hydrogens is 278 g/mol. The topological polar surface area (TPSA) is 77.2 Å². The fourth-order valence-corrected chi connectivity index (χ4v) is 2.51. The summed E-state index contributed by atoms with van der Waals surface area (Å²) in [5.74, 6) is -0.0486. The van der Waals surface area contributed by atoms with Gasteiger partial charge in [0.25, 0.3) is 5.91 Å². The van der Waals surface area contributed by atoms with Crippen LogP contribution in [0, 0.1) is 0 Å². The molecule has 0 spiro atoms. The van der Waals surface area contributed by atoms with Gasteiger partial charge in [-0.3, -0.25) is 4.79 Å². The van der Waals surface area contributed by atoms with Gasteiger partial charge in [0.1, 0.15) is 11.5 Å². The highest BCUT2D eigenvalue weighted by molar-refractivity contribution is 6.33. The molecule has 0 unspecified atom stereocenters. The van der Waals surface area contributed by atoms with Crippen LogP contribution in [0.4, 0.5) is 5.82 Å². The first-order chi connectivity index (χ1) is 9.66. The minimum absolute atomic E-state index is 0.157. The first-order valence-corrected chi connectivity index (χ1v) is 7.36. The normalized spacial score (nSPS) is 16.1. The molecule has 1 fully saturated rings. The van der Waals surface area contributed by atoms with E-state index in [-0.39, 0.29) is 17.4 Å². The highest BCUT2D eigenvalue weighted by Gasteiger charge is 2.15. The average molecular weight is 298 g/mol. The fourth-order valence-electron chi connectivity index (χ4n) is 2.32. The van der Waals surface area contributed by atoms with Gasteiger partial charge in [-0.2, -0.15) is 0 Å². The number of nitrogens with zero attached hydrogens (tertiary/aromatic N) is 1. The Bertz CT molecular complexity index is 462. The average Bonchev–Trinajstić information content (AvgIpc) is 2.47. The van der Waals surface area contributed by atoms with Gasteiger partial charge in [0.2, 0.25) is 0 Å². The minimum atomic E-state index is -0.324. The van der Waals surface area contributed by atoms with Crippen molar-refractivity contribution < 1.29 is 9.53 Å². The van der Waals surface area contributed by atoms with E-state index in [1.807, 2.05) is 0 Å². The van der Waals surface area contributed by atoms with Crippen molar-refractivity contribution in [2.45, 2.75) is 38.2 Å². The number of pyridine rings is 1. The summed E-state index contributed by atoms with van der Waals surface area (Å²) in [6.45, 7) is 0.957. The van der Waals surface area contributed by atoms with Crippen LogP contribution in [0.5, 0.6) is 0 Å². The molecule has 2 rings (SSSR count). The molecule has 5 nitrogen and oxygen atoms in total. The number of nitrogens with two attached hydrogens (primary N) is 1. The van der Waals surface area contributed by atoms with Crippen LogP contribution < -0.4 is 11.1 Å². The Kier molecular flexibility index (Phi) is 5.61. The lowest BCUT2D eigenvalue weighted by molar-refractivity contribution is 0.0299. The largest absolute Gasteiger partial charge is 0.384 e. The summed E-state index contributed by atoms with van der Waals surface area (Å²) in [6, 6.07) is 3.13. The van der Waals surface area contributed by atoms with Crippen molar-refractivity contribution in [2.24, 2.45) is 0 Å². The summed E-state index contributed by atoms with van der Waals surface area (Å²) in [7, 11) is 0. The van der Waals surface area contributed by atoms with Crippen molar-refractivity contribution in [1.82, 2.24) is 10.3 Å². The molecule has 1 saturated carbocycles. The zero-order valence-corrected chi connectivity index (χ0v) is 12.2. The second kappa shape index (κ2) is 7.45. The van der Waals surface area contributed by atoms with Gasteiger partial charge in [-0.05, 0) is 25.0 Å². The highest BCUT2D eigenvalue weighted by Crippen LogP contribution is 2.20. The SMILES string of the molecule is Nc1ccc(Cl)c(C(=O)NCCOC2CCCCC2)n1. The Morgan fingerprint density at radius 1 is 1.40 bits per heavy atom. The van der Waals surface area contributed by atoms with Gasteiger partial charge in [-0.15, -0.1) is 0 Å². The first kappa shape index (κ1) is 15.1. The number of halogens is 1. The summed E-state index contributed by atoms with van der Waals surface area (Å²) in [4.78, 5) is 15.8. The van der Waals surface area contributed by atoms with Crippen LogP contribution in [0.25, 0.3) is 0 Å². The number of anilines is 1. The number of amides is 1. The monoisotopic (exact) mass is 297 g/mol. The van der Waals surface area contributed by atoms with E-state index in [0.29, 0.717) is 24.3 Å². The number of carbonyl (C=O) groups excluding carboxylic acids is 1. The Labute approximate surface area is 123 Å². The molecule has 1 aromatic rings. The summed E-state index contributed by atoms with van der Waals surface area (Å²) >= 11 is 5.92. The molecule has 1 aromatic heterocycles. The number of carbonyl (C=O) groups is 1. The van der Waals surface area contributed by atoms with E-state index in [2.05, 4.69) is 10.3 Å². The highest BCUT2D eigenvalue weighted by atomic mass is 35.5. The predicted octanol–water partition coefficient (Wildman–Crippen LogP) is 2.40. The fraction of sp³-hybridized carbons (Fsp3) is 0.571. The molecule has 1 amide bonds. The molecule has 1 aliphatic carbocycles. The van der Waals surface area contributed by atoms with Crippen molar-refractivity contribution in [2.75, 3.05) is 18.9 Å². The molecule has 0 saturated heterocycles. The molecule has 0 radical (unpaired) electrons. The lowest BCUT2D eigenvalue weighted by Crippen LogP contribution is -2.30. The van der Waals surface area contributed by atoms with E-state index in [0.717, 1.165) is 12.8 Å². The van der Waals surface area contributed by atoms with Crippen LogP contribution >= 0.6 is 11.6 Å². The van der Waals surface area contributed by atoms with Crippen molar-refractivity contribution in [1.29, 1.82) is 0 Å². The second-order valence-electron chi connectivity index (χ2n) is 4.95. The molecule has 0 atom stereocenters. The van der Waals surface area contributed by atoms with Gasteiger partial charge in [0.15, 0.2) is 0 Å². The lowest BCUT2D eigenvalue weighted by Gasteiger charge is -2.21. The van der Waals surface area contributed by atoms with Gasteiger partial charge < -0.3 is 15.8 Å². The third-order valence-corrected chi connectivity index (χ3v) is 3.68. The zero-order chi connectivity index (χ0) is 14.4. The quantitative estimate of drug-likeness (QED) is 0.818. The molecule has 6 heteroatoms. The van der Waals surface area contributed by atoms with Crippen LogP contribution in [-0.4, -0.2) is 30.1 Å². The molecule has 20 heavy (non-hydrogen) atoms. The Balaban J connectivity index is 1.73. The van der Waals surface area contributed by atoms with Gasteiger partial charge in [-0.1, -0.05) is 30.9 Å². The summed E-state index contributed by atoms with van der Waals surface area (Å²) in [5, 5.41) is 3.04. The van der Waals surface area contributed by atoms with E-state index in [4.69, 9.17) is 22.1 Å². The summed E-state index contributed by atoms with van der Waals surface area (Å²) in [6.07, 6.45) is 6.36. The van der Waals surface area contributed by atoms with Crippen LogP contribution in [0.3, 0.4) is 0 Å². The maximum atomic E-state index is 11.9. The van der Waals surface area contributed by atoms with E-state index in [9.17, 15) is 4.79 Å². The number of nitrogens with one attached hydrogen (secondary N) is 1. The Morgan fingerprint density at radius 3 is 2.90 bits per heavy atom. The summed E-state index contributed by atoms with van der Waals surface area (Å²) in [5.41, 5.74) is 5.70. The van der Waals surface area contributed by atoms with Gasteiger partial charge in [-0.25, -0.2) is 4.98 Å². The van der Waals surface area contributed by atoms with Crippen molar-refractivity contribution in [3.05, 3.63) is 22.8 Å². The van der Waals surface area contributed by atoms with Gasteiger partial charge in [0.05, 0.1) is 17.7 Å². The van der Waals surface area contributed by atoms with E-state index in [1.54, 1.807) is 12.1 Å². The molecule has 0 aromatic carbocycles. The number of hydrogen-bond donors (Lipinski definition) is 2. The zero-order valence-electron chi connectivity index (χ0n) is 11.4. The number of nitrogen functional groups attached to an aromatic ring is 1. The maximum absolute atomic E-state index is 11.9. The molecule has 1 aliphatic rings. The first-order valence-electron chi connectivity index (χ1n) is 6.98. The molecule has 0 aliphatic heterocycles. The number of aromatic nitrogens is 1. The Morgan fingerprint density at radius 2 is 2.15 bits per heavy atom. The van der Waals surface area contributed by atoms with Crippen LogP contribution in [0.1, 0.15) is 42.6 Å². The molecule has 0 bridgehead atoms.